The molecule has 0 atom stereocenters. The third-order valence-electron chi connectivity index (χ3n) is 3.86. The summed E-state index contributed by atoms with van der Waals surface area (Å²) in [6.45, 7) is 0. The number of thiophene rings is 1. The van der Waals surface area contributed by atoms with Crippen LogP contribution in [0.1, 0.15) is 0 Å². The number of hydrogen-bond acceptors (Lipinski definition) is 4. The molecule has 4 rings (SSSR count). The van der Waals surface area contributed by atoms with Gasteiger partial charge in [-0.25, -0.2) is 0 Å². The van der Waals surface area contributed by atoms with Gasteiger partial charge < -0.3 is 0 Å². The van der Waals surface area contributed by atoms with Crippen LogP contribution in [0.4, 0.5) is 20.9 Å². The molecule has 2 aromatic heterocycles. The summed E-state index contributed by atoms with van der Waals surface area (Å²) in [5.74, 6) is 0. The molecule has 0 saturated carbocycles. The van der Waals surface area contributed by atoms with E-state index in [0.717, 1.165) is 16.3 Å². The molecule has 0 unspecified atom stereocenters. The van der Waals surface area contributed by atoms with E-state index in [1.807, 2.05) is 42.5 Å². The van der Waals surface area contributed by atoms with Crippen molar-refractivity contribution in [3.05, 3.63) is 95.0 Å². The van der Waals surface area contributed by atoms with Gasteiger partial charge in [-0.15, -0.1) is 0 Å². The molecule has 0 amide bonds. The predicted molar refractivity (Wildman–Crippen MR) is 108 cm³/mol. The van der Waals surface area contributed by atoms with Gasteiger partial charge in [-0.3, -0.25) is 0 Å². The molecule has 0 spiro atoms. The van der Waals surface area contributed by atoms with E-state index < -0.39 is 0 Å². The Balaban J connectivity index is 1.75. The third-order valence-corrected chi connectivity index (χ3v) is 7.53. The molecule has 0 saturated heterocycles. The van der Waals surface area contributed by atoms with Crippen LogP contribution in [-0.4, -0.2) is 19.4 Å². The molecule has 0 aliphatic carbocycles. The first kappa shape index (κ1) is 16.8. The van der Waals surface area contributed by atoms with Crippen molar-refractivity contribution in [1.29, 1.82) is 0 Å². The van der Waals surface area contributed by atoms with Gasteiger partial charge in [0.1, 0.15) is 0 Å². The first-order chi connectivity index (χ1) is 12.7. The fourth-order valence-electron chi connectivity index (χ4n) is 2.70. The summed E-state index contributed by atoms with van der Waals surface area (Å²) in [6.07, 6.45) is 0. The molecule has 0 aliphatic rings. The van der Waals surface area contributed by atoms with Gasteiger partial charge in [0.25, 0.3) is 0 Å². The average Bonchev–Trinajstić information content (AvgIpc) is 3.33. The van der Waals surface area contributed by atoms with E-state index in [4.69, 9.17) is 0 Å². The predicted octanol–water partition coefficient (Wildman–Crippen LogP) is 5.85. The van der Waals surface area contributed by atoms with Gasteiger partial charge in [-0.2, -0.15) is 0 Å². The molecular weight excluding hydrogens is 411 g/mol. The molecule has 4 aromatic rings. The Labute approximate surface area is 160 Å². The SMILES string of the molecule is O=[N+]([O-])c1ccc(-c2ccc(N(c3ccccc3)c3ccccc3)[se]2)s1. The van der Waals surface area contributed by atoms with E-state index in [1.54, 1.807) is 6.07 Å². The number of nitro groups is 1. The van der Waals surface area contributed by atoms with Crippen molar-refractivity contribution in [3.63, 3.8) is 0 Å². The second-order valence-corrected chi connectivity index (χ2v) is 8.83. The Bertz CT molecular complexity index is 989. The Morgan fingerprint density at radius 2 is 1.42 bits per heavy atom. The van der Waals surface area contributed by atoms with Gasteiger partial charge in [0, 0.05) is 0 Å². The number of hydrogen-bond donors (Lipinski definition) is 0. The molecule has 0 aliphatic heterocycles. The summed E-state index contributed by atoms with van der Waals surface area (Å²) in [6, 6.07) is 28.2. The van der Waals surface area contributed by atoms with E-state index >= 15 is 0 Å². The number of rotatable bonds is 5. The van der Waals surface area contributed by atoms with Gasteiger partial charge in [-0.05, 0) is 0 Å². The second kappa shape index (κ2) is 7.30. The Morgan fingerprint density at radius 3 is 1.96 bits per heavy atom. The van der Waals surface area contributed by atoms with Crippen molar-refractivity contribution < 1.29 is 4.92 Å². The van der Waals surface area contributed by atoms with Crippen molar-refractivity contribution in [2.75, 3.05) is 4.90 Å². The molecule has 0 radical (unpaired) electrons. The van der Waals surface area contributed by atoms with Gasteiger partial charge in [0.05, 0.1) is 0 Å². The van der Waals surface area contributed by atoms with Crippen molar-refractivity contribution in [2.24, 2.45) is 0 Å². The first-order valence-electron chi connectivity index (χ1n) is 7.97. The Morgan fingerprint density at radius 1 is 0.808 bits per heavy atom. The second-order valence-electron chi connectivity index (χ2n) is 5.54. The minimum atomic E-state index is -0.328. The van der Waals surface area contributed by atoms with Gasteiger partial charge in [-0.1, -0.05) is 0 Å². The standard InChI is InChI=1S/C20H14N2O2SSe/c23-22(24)19-13-11-17(25-19)18-12-14-20(26-18)21(15-7-3-1-4-8-15)16-9-5-2-6-10-16/h1-14H. The molecule has 6 heteroatoms. The zero-order valence-corrected chi connectivity index (χ0v) is 16.1. The first-order valence-corrected chi connectivity index (χ1v) is 10.5. The van der Waals surface area contributed by atoms with E-state index in [0.29, 0.717) is 0 Å². The van der Waals surface area contributed by atoms with E-state index in [2.05, 4.69) is 41.3 Å². The zero-order valence-electron chi connectivity index (χ0n) is 13.6. The van der Waals surface area contributed by atoms with Crippen LogP contribution in [0.5, 0.6) is 0 Å². The van der Waals surface area contributed by atoms with Crippen LogP contribution in [0.15, 0.2) is 84.9 Å². The number of benzene rings is 2. The third kappa shape index (κ3) is 3.35. The molecule has 4 nitrogen and oxygen atoms in total. The monoisotopic (exact) mass is 426 g/mol. The van der Waals surface area contributed by atoms with Crippen LogP contribution in [0.3, 0.4) is 0 Å². The summed E-state index contributed by atoms with van der Waals surface area (Å²) in [5.41, 5.74) is 2.22. The summed E-state index contributed by atoms with van der Waals surface area (Å²) in [7, 11) is 0. The summed E-state index contributed by atoms with van der Waals surface area (Å²) >= 11 is 1.31. The molecule has 2 heterocycles. The van der Waals surface area contributed by atoms with Crippen LogP contribution in [0.2, 0.25) is 0 Å². The van der Waals surface area contributed by atoms with E-state index in [1.165, 1.54) is 20.3 Å². The average molecular weight is 425 g/mol. The van der Waals surface area contributed by atoms with Gasteiger partial charge >= 0.3 is 161 Å². The zero-order chi connectivity index (χ0) is 17.9. The van der Waals surface area contributed by atoms with Crippen LogP contribution in [0.25, 0.3) is 9.31 Å². The molecule has 0 N–H and O–H groups in total. The number of nitrogens with zero attached hydrogens (tertiary/aromatic N) is 2. The number of para-hydroxylation sites is 2. The van der Waals surface area contributed by atoms with Crippen LogP contribution >= 0.6 is 11.3 Å². The molecule has 0 bridgehead atoms. The quantitative estimate of drug-likeness (QED) is 0.229. The van der Waals surface area contributed by atoms with Crippen LogP contribution in [0, 0.1) is 10.1 Å². The summed E-state index contributed by atoms with van der Waals surface area (Å²) in [4.78, 5) is 13.9. The van der Waals surface area contributed by atoms with Crippen molar-refractivity contribution in [2.45, 2.75) is 0 Å². The molecule has 26 heavy (non-hydrogen) atoms. The van der Waals surface area contributed by atoms with E-state index in [9.17, 15) is 10.1 Å². The maximum absolute atomic E-state index is 11.0. The molecule has 2 aromatic carbocycles. The van der Waals surface area contributed by atoms with E-state index in [-0.39, 0.29) is 24.4 Å². The molecular formula is C20H14N2O2SSe. The Kier molecular flexibility index (Phi) is 4.71. The Hall–Kier alpha value is -2.66. The summed E-state index contributed by atoms with van der Waals surface area (Å²) < 4.78 is 2.38. The van der Waals surface area contributed by atoms with Crippen molar-refractivity contribution >= 4 is 46.8 Å². The fraction of sp³-hybridized carbons (Fsp3) is 0. The van der Waals surface area contributed by atoms with Crippen molar-refractivity contribution in [3.8, 4) is 9.31 Å². The number of anilines is 3. The molecule has 0 fully saturated rings. The van der Waals surface area contributed by atoms with Gasteiger partial charge in [0.15, 0.2) is 0 Å². The molecule has 128 valence electrons. The maximum atomic E-state index is 11.0. The van der Waals surface area contributed by atoms with Crippen molar-refractivity contribution in [1.82, 2.24) is 0 Å². The van der Waals surface area contributed by atoms with Crippen LogP contribution < -0.4 is 4.90 Å². The minimum absolute atomic E-state index is 0.0738. The fourth-order valence-corrected chi connectivity index (χ4v) is 5.95. The van der Waals surface area contributed by atoms with Gasteiger partial charge in [0.2, 0.25) is 0 Å². The normalized spacial score (nSPS) is 10.6. The summed E-state index contributed by atoms with van der Waals surface area (Å²) in [5, 5.41) is 11.1. The topological polar surface area (TPSA) is 46.4 Å². The van der Waals surface area contributed by atoms with Crippen LogP contribution in [-0.2, 0) is 0 Å².